The van der Waals surface area contributed by atoms with Crippen LogP contribution >= 0.6 is 0 Å². The highest BCUT2D eigenvalue weighted by Gasteiger charge is 2.23. The predicted octanol–water partition coefficient (Wildman–Crippen LogP) is 2.59. The van der Waals surface area contributed by atoms with Crippen molar-refractivity contribution in [1.82, 2.24) is 0 Å². The quantitative estimate of drug-likeness (QED) is 0.396. The molecule has 8 heteroatoms. The minimum Gasteiger partial charge on any atom is -0.497 e. The van der Waals surface area contributed by atoms with Crippen LogP contribution in [-0.2, 0) is 23.7 Å². The van der Waals surface area contributed by atoms with Gasteiger partial charge in [0.1, 0.15) is 30.5 Å². The molecule has 144 valence electrons. The fraction of sp³-hybridized carbons (Fsp3) is 0.500. The van der Waals surface area contributed by atoms with Gasteiger partial charge in [-0.3, -0.25) is 0 Å². The molecule has 0 aromatic heterocycles. The maximum Gasteiger partial charge on any atom is 0.334 e. The number of halogens is 1. The Labute approximate surface area is 151 Å². The van der Waals surface area contributed by atoms with Gasteiger partial charge >= 0.3 is 5.97 Å². The van der Waals surface area contributed by atoms with E-state index in [9.17, 15) is 9.18 Å². The Bertz CT molecular complexity index is 602. The number of esters is 1. The largest absolute Gasteiger partial charge is 0.497 e. The lowest BCUT2D eigenvalue weighted by Crippen LogP contribution is -2.37. The van der Waals surface area contributed by atoms with Gasteiger partial charge < -0.3 is 28.4 Å². The first-order valence-electron chi connectivity index (χ1n) is 8.24. The molecule has 0 radical (unpaired) electrons. The summed E-state index contributed by atoms with van der Waals surface area (Å²) in [5.41, 5.74) is 0. The van der Waals surface area contributed by atoms with Gasteiger partial charge in [-0.15, -0.1) is 0 Å². The highest BCUT2D eigenvalue weighted by Crippen LogP contribution is 2.22. The number of benzene rings is 1. The van der Waals surface area contributed by atoms with Gasteiger partial charge in [-0.25, -0.2) is 9.18 Å². The van der Waals surface area contributed by atoms with E-state index >= 15 is 0 Å². The van der Waals surface area contributed by atoms with Gasteiger partial charge in [0.05, 0.1) is 19.8 Å². The summed E-state index contributed by atoms with van der Waals surface area (Å²) in [6.07, 6.45) is -1.54. The first-order chi connectivity index (χ1) is 12.5. The van der Waals surface area contributed by atoms with Crippen molar-refractivity contribution in [2.75, 3.05) is 26.9 Å². The smallest absolute Gasteiger partial charge is 0.334 e. The van der Waals surface area contributed by atoms with Crippen molar-refractivity contribution in [2.24, 2.45) is 0 Å². The Morgan fingerprint density at radius 2 is 2.00 bits per heavy atom. The van der Waals surface area contributed by atoms with Gasteiger partial charge in [0, 0.05) is 0 Å². The summed E-state index contributed by atoms with van der Waals surface area (Å²) in [7, 11) is 1.45. The molecule has 0 bridgehead atoms. The van der Waals surface area contributed by atoms with E-state index in [1.807, 2.05) is 0 Å². The zero-order chi connectivity index (χ0) is 18.9. The number of hydrogen-bond acceptors (Lipinski definition) is 7. The third-order valence-electron chi connectivity index (χ3n) is 3.39. The van der Waals surface area contributed by atoms with Crippen LogP contribution in [0, 0.1) is 0 Å². The second-order valence-corrected chi connectivity index (χ2v) is 5.37. The summed E-state index contributed by atoms with van der Waals surface area (Å²) < 4.78 is 44.4. The molecule has 0 saturated carbocycles. The normalized spacial score (nSPS) is 21.6. The molecule has 1 aromatic rings. The molecule has 1 saturated heterocycles. The van der Waals surface area contributed by atoms with Gasteiger partial charge in [0.15, 0.2) is 6.10 Å². The summed E-state index contributed by atoms with van der Waals surface area (Å²) in [4.78, 5) is 11.5. The zero-order valence-corrected chi connectivity index (χ0v) is 15.0. The molecule has 2 rings (SSSR count). The van der Waals surface area contributed by atoms with Crippen LogP contribution in [0.4, 0.5) is 4.39 Å². The van der Waals surface area contributed by atoms with Crippen LogP contribution in [0.2, 0.25) is 0 Å². The molecule has 1 aliphatic heterocycles. The van der Waals surface area contributed by atoms with Crippen molar-refractivity contribution in [3.05, 3.63) is 36.1 Å². The fourth-order valence-corrected chi connectivity index (χ4v) is 2.22. The van der Waals surface area contributed by atoms with E-state index in [2.05, 4.69) is 0 Å². The molecule has 1 fully saturated rings. The average Bonchev–Trinajstić information content (AvgIpc) is 2.61. The first kappa shape index (κ1) is 20.0. The van der Waals surface area contributed by atoms with Crippen molar-refractivity contribution in [3.8, 4) is 11.5 Å². The standard InChI is InChI=1S/C18H23FO7/c1-4-23-17(20)9-15(21-3)12(2)24-13-5-7-14(8-6-13)25-18-11-22-10-16(19)26-18/h5-9,12,16,18H,4,10-11H2,1-3H3. The second kappa shape index (κ2) is 9.98. The van der Waals surface area contributed by atoms with Crippen molar-refractivity contribution in [2.45, 2.75) is 32.6 Å². The van der Waals surface area contributed by atoms with E-state index in [-0.39, 0.29) is 19.8 Å². The fourth-order valence-electron chi connectivity index (χ4n) is 2.22. The number of ether oxygens (including phenoxy) is 6. The molecule has 26 heavy (non-hydrogen) atoms. The molecule has 3 unspecified atom stereocenters. The van der Waals surface area contributed by atoms with Crippen LogP contribution in [0.1, 0.15) is 13.8 Å². The molecule has 1 aromatic carbocycles. The number of carbonyl (C=O) groups excluding carboxylic acids is 1. The Balaban J connectivity index is 1.92. The van der Waals surface area contributed by atoms with Crippen LogP contribution in [0.3, 0.4) is 0 Å². The first-order valence-corrected chi connectivity index (χ1v) is 8.24. The molecule has 0 N–H and O–H groups in total. The summed E-state index contributed by atoms with van der Waals surface area (Å²) in [6.45, 7) is 3.81. The van der Waals surface area contributed by atoms with E-state index in [0.717, 1.165) is 0 Å². The summed E-state index contributed by atoms with van der Waals surface area (Å²) in [5, 5.41) is 0. The van der Waals surface area contributed by atoms with Crippen LogP contribution in [0.15, 0.2) is 36.1 Å². The molecule has 0 amide bonds. The van der Waals surface area contributed by atoms with Gasteiger partial charge in [-0.2, -0.15) is 0 Å². The monoisotopic (exact) mass is 370 g/mol. The second-order valence-electron chi connectivity index (χ2n) is 5.37. The third-order valence-corrected chi connectivity index (χ3v) is 3.39. The highest BCUT2D eigenvalue weighted by molar-refractivity contribution is 5.82. The molecule has 3 atom stereocenters. The third kappa shape index (κ3) is 6.20. The Morgan fingerprint density at radius 3 is 2.62 bits per heavy atom. The van der Waals surface area contributed by atoms with E-state index in [1.54, 1.807) is 38.1 Å². The van der Waals surface area contributed by atoms with Crippen LogP contribution < -0.4 is 9.47 Å². The number of alkyl halides is 1. The van der Waals surface area contributed by atoms with Crippen molar-refractivity contribution >= 4 is 5.97 Å². The lowest BCUT2D eigenvalue weighted by Gasteiger charge is -2.26. The maximum atomic E-state index is 13.1. The Kier molecular flexibility index (Phi) is 7.68. The average molecular weight is 370 g/mol. The van der Waals surface area contributed by atoms with Crippen LogP contribution in [0.25, 0.3) is 0 Å². The van der Waals surface area contributed by atoms with Crippen LogP contribution in [0.5, 0.6) is 11.5 Å². The Hall–Kier alpha value is -2.32. The van der Waals surface area contributed by atoms with Gasteiger partial charge in [-0.05, 0) is 38.1 Å². The molecular formula is C18H23FO7. The minimum absolute atomic E-state index is 0.0916. The molecule has 7 nitrogen and oxygen atoms in total. The van der Waals surface area contributed by atoms with Gasteiger partial charge in [-0.1, -0.05) is 0 Å². The van der Waals surface area contributed by atoms with Crippen LogP contribution in [-0.4, -0.2) is 51.7 Å². The van der Waals surface area contributed by atoms with Crippen molar-refractivity contribution in [3.63, 3.8) is 0 Å². The molecule has 0 aliphatic carbocycles. The molecular weight excluding hydrogens is 347 g/mol. The Morgan fingerprint density at radius 1 is 1.31 bits per heavy atom. The number of rotatable bonds is 8. The van der Waals surface area contributed by atoms with Crippen molar-refractivity contribution < 1.29 is 37.6 Å². The lowest BCUT2D eigenvalue weighted by atomic mass is 10.3. The van der Waals surface area contributed by atoms with Gasteiger partial charge in [0.2, 0.25) is 12.6 Å². The number of methoxy groups -OCH3 is 1. The summed E-state index contributed by atoms with van der Waals surface area (Å²) >= 11 is 0. The van der Waals surface area contributed by atoms with E-state index in [0.29, 0.717) is 17.3 Å². The number of carbonyl (C=O) groups is 1. The maximum absolute atomic E-state index is 13.1. The van der Waals surface area contributed by atoms with Crippen molar-refractivity contribution in [1.29, 1.82) is 0 Å². The minimum atomic E-state index is -1.49. The van der Waals surface area contributed by atoms with E-state index < -0.39 is 24.7 Å². The molecule has 0 spiro atoms. The molecule has 1 heterocycles. The predicted molar refractivity (Wildman–Crippen MR) is 89.5 cm³/mol. The summed E-state index contributed by atoms with van der Waals surface area (Å²) in [6, 6.07) is 6.68. The van der Waals surface area contributed by atoms with Gasteiger partial charge in [0.25, 0.3) is 0 Å². The van der Waals surface area contributed by atoms with E-state index in [4.69, 9.17) is 28.4 Å². The molecule has 1 aliphatic rings. The zero-order valence-electron chi connectivity index (χ0n) is 15.0. The lowest BCUT2D eigenvalue weighted by molar-refractivity contribution is -0.244. The van der Waals surface area contributed by atoms with E-state index in [1.165, 1.54) is 13.2 Å². The SMILES string of the molecule is CCOC(=O)C=C(OC)C(C)Oc1ccc(OC2COCC(F)O2)cc1. The number of hydrogen-bond donors (Lipinski definition) is 0. The highest BCUT2D eigenvalue weighted by atomic mass is 19.1. The topological polar surface area (TPSA) is 72.5 Å². The summed E-state index contributed by atoms with van der Waals surface area (Å²) in [5.74, 6) is 0.873.